The molecule has 1 aromatic rings. The van der Waals surface area contributed by atoms with Gasteiger partial charge in [-0.05, 0) is 30.7 Å². The van der Waals surface area contributed by atoms with Crippen molar-refractivity contribution in [2.45, 2.75) is 58.4 Å². The van der Waals surface area contributed by atoms with Crippen molar-refractivity contribution in [3.8, 4) is 0 Å². The van der Waals surface area contributed by atoms with Crippen LogP contribution in [-0.2, 0) is 0 Å². The second-order valence-electron chi connectivity index (χ2n) is 4.87. The van der Waals surface area contributed by atoms with E-state index in [1.807, 2.05) is 12.1 Å². The fraction of sp³-hybridized carbons (Fsp3) is 0.625. The molecule has 0 amide bonds. The number of nitrogens with one attached hydrogen (secondary N) is 1. The van der Waals surface area contributed by atoms with Crippen molar-refractivity contribution in [2.75, 3.05) is 6.54 Å². The highest BCUT2D eigenvalue weighted by molar-refractivity contribution is 6.30. The molecule has 0 fully saturated rings. The molecule has 0 aromatic heterocycles. The molecule has 0 aliphatic heterocycles. The molecule has 0 saturated carbocycles. The molecule has 102 valence electrons. The molecule has 0 spiro atoms. The van der Waals surface area contributed by atoms with E-state index in [1.165, 1.54) is 44.1 Å². The number of rotatable bonds is 9. The molecule has 0 bridgehead atoms. The van der Waals surface area contributed by atoms with Gasteiger partial charge in [-0.25, -0.2) is 0 Å². The highest BCUT2D eigenvalue weighted by Gasteiger charge is 2.09. The van der Waals surface area contributed by atoms with E-state index in [-0.39, 0.29) is 0 Å². The molecule has 0 aliphatic carbocycles. The maximum absolute atomic E-state index is 6.06. The van der Waals surface area contributed by atoms with E-state index in [0.717, 1.165) is 11.6 Å². The van der Waals surface area contributed by atoms with E-state index in [0.29, 0.717) is 6.04 Å². The minimum Gasteiger partial charge on any atom is -0.310 e. The zero-order valence-electron chi connectivity index (χ0n) is 11.7. The second kappa shape index (κ2) is 9.41. The van der Waals surface area contributed by atoms with Crippen LogP contribution in [0.1, 0.15) is 64.0 Å². The van der Waals surface area contributed by atoms with Crippen LogP contribution in [0.4, 0.5) is 0 Å². The summed E-state index contributed by atoms with van der Waals surface area (Å²) < 4.78 is 0. The second-order valence-corrected chi connectivity index (χ2v) is 5.30. The van der Waals surface area contributed by atoms with Crippen molar-refractivity contribution in [1.29, 1.82) is 0 Å². The minimum absolute atomic E-state index is 0.454. The summed E-state index contributed by atoms with van der Waals surface area (Å²) in [7, 11) is 0. The summed E-state index contributed by atoms with van der Waals surface area (Å²) in [5.41, 5.74) is 1.32. The number of benzene rings is 1. The van der Waals surface area contributed by atoms with Gasteiger partial charge in [-0.15, -0.1) is 0 Å². The summed E-state index contributed by atoms with van der Waals surface area (Å²) in [5, 5.41) is 4.39. The molecular formula is C16H26ClN. The average molecular weight is 268 g/mol. The van der Waals surface area contributed by atoms with Crippen molar-refractivity contribution in [2.24, 2.45) is 0 Å². The van der Waals surface area contributed by atoms with Crippen LogP contribution in [0.5, 0.6) is 0 Å². The molecule has 0 aliphatic rings. The minimum atomic E-state index is 0.454. The molecule has 1 unspecified atom stereocenters. The summed E-state index contributed by atoms with van der Waals surface area (Å²) in [4.78, 5) is 0. The van der Waals surface area contributed by atoms with Crippen LogP contribution in [0.15, 0.2) is 24.3 Å². The largest absolute Gasteiger partial charge is 0.310 e. The summed E-state index contributed by atoms with van der Waals surface area (Å²) >= 11 is 6.06. The van der Waals surface area contributed by atoms with E-state index in [2.05, 4.69) is 31.3 Å². The zero-order chi connectivity index (χ0) is 13.2. The van der Waals surface area contributed by atoms with Gasteiger partial charge < -0.3 is 5.32 Å². The number of halogens is 1. The molecule has 0 saturated heterocycles. The highest BCUT2D eigenvalue weighted by atomic mass is 35.5. The lowest BCUT2D eigenvalue weighted by Crippen LogP contribution is -2.20. The van der Waals surface area contributed by atoms with Crippen molar-refractivity contribution < 1.29 is 0 Å². The lowest BCUT2D eigenvalue weighted by atomic mass is 10.00. The van der Waals surface area contributed by atoms with Crippen LogP contribution >= 0.6 is 11.6 Å². The molecule has 1 aromatic carbocycles. The fourth-order valence-corrected chi connectivity index (χ4v) is 2.51. The number of hydrogen-bond acceptors (Lipinski definition) is 1. The van der Waals surface area contributed by atoms with E-state index in [1.54, 1.807) is 0 Å². The van der Waals surface area contributed by atoms with Gasteiger partial charge in [0.15, 0.2) is 0 Å². The third kappa shape index (κ3) is 5.88. The lowest BCUT2D eigenvalue weighted by Gasteiger charge is -2.18. The van der Waals surface area contributed by atoms with Crippen LogP contribution in [0.25, 0.3) is 0 Å². The topological polar surface area (TPSA) is 12.0 Å². The molecule has 1 nitrogen and oxygen atoms in total. The molecule has 2 heteroatoms. The Balaban J connectivity index is 2.44. The Hall–Kier alpha value is -0.530. The Morgan fingerprint density at radius 2 is 1.89 bits per heavy atom. The van der Waals surface area contributed by atoms with Gasteiger partial charge in [0.2, 0.25) is 0 Å². The van der Waals surface area contributed by atoms with Crippen molar-refractivity contribution in [3.63, 3.8) is 0 Å². The van der Waals surface area contributed by atoms with Crippen LogP contribution < -0.4 is 5.32 Å². The highest BCUT2D eigenvalue weighted by Crippen LogP contribution is 2.22. The average Bonchev–Trinajstić information content (AvgIpc) is 2.37. The third-order valence-electron chi connectivity index (χ3n) is 3.30. The maximum atomic E-state index is 6.06. The van der Waals surface area contributed by atoms with E-state index in [4.69, 9.17) is 11.6 Å². The standard InChI is InChI=1S/C16H26ClN/c1-3-5-6-7-8-12-16(18-4-2)14-10-9-11-15(17)13-14/h9-11,13,16,18H,3-8,12H2,1-2H3. The van der Waals surface area contributed by atoms with Crippen LogP contribution in [0.2, 0.25) is 5.02 Å². The van der Waals surface area contributed by atoms with Crippen molar-refractivity contribution in [3.05, 3.63) is 34.9 Å². The first-order valence-electron chi connectivity index (χ1n) is 7.26. The maximum Gasteiger partial charge on any atom is 0.0409 e. The van der Waals surface area contributed by atoms with Gasteiger partial charge in [0.25, 0.3) is 0 Å². The Kier molecular flexibility index (Phi) is 8.11. The molecule has 18 heavy (non-hydrogen) atoms. The zero-order valence-corrected chi connectivity index (χ0v) is 12.5. The van der Waals surface area contributed by atoms with Gasteiger partial charge in [-0.2, -0.15) is 0 Å². The van der Waals surface area contributed by atoms with Gasteiger partial charge in [0.1, 0.15) is 0 Å². The summed E-state index contributed by atoms with van der Waals surface area (Å²) in [6.45, 7) is 5.42. The number of unbranched alkanes of at least 4 members (excludes halogenated alkanes) is 4. The Labute approximate surface area is 117 Å². The molecule has 0 heterocycles. The van der Waals surface area contributed by atoms with Gasteiger partial charge in [-0.1, -0.05) is 69.7 Å². The Bertz CT molecular complexity index is 325. The van der Waals surface area contributed by atoms with E-state index >= 15 is 0 Å². The first kappa shape index (κ1) is 15.5. The summed E-state index contributed by atoms with van der Waals surface area (Å²) in [5.74, 6) is 0. The monoisotopic (exact) mass is 267 g/mol. The van der Waals surface area contributed by atoms with Crippen LogP contribution in [0.3, 0.4) is 0 Å². The first-order valence-corrected chi connectivity index (χ1v) is 7.64. The van der Waals surface area contributed by atoms with Crippen LogP contribution in [-0.4, -0.2) is 6.54 Å². The first-order chi connectivity index (χ1) is 8.77. The molecule has 1 rings (SSSR count). The molecule has 0 radical (unpaired) electrons. The predicted octanol–water partition coefficient (Wildman–Crippen LogP) is 5.35. The summed E-state index contributed by atoms with van der Waals surface area (Å²) in [6, 6.07) is 8.69. The predicted molar refractivity (Wildman–Crippen MR) is 81.2 cm³/mol. The Morgan fingerprint density at radius 3 is 2.56 bits per heavy atom. The van der Waals surface area contributed by atoms with E-state index < -0.39 is 0 Å². The van der Waals surface area contributed by atoms with Gasteiger partial charge in [-0.3, -0.25) is 0 Å². The molecule has 1 N–H and O–H groups in total. The summed E-state index contributed by atoms with van der Waals surface area (Å²) in [6.07, 6.45) is 7.89. The fourth-order valence-electron chi connectivity index (χ4n) is 2.31. The van der Waals surface area contributed by atoms with Gasteiger partial charge >= 0.3 is 0 Å². The molecule has 1 atom stereocenters. The van der Waals surface area contributed by atoms with Gasteiger partial charge in [0.05, 0.1) is 0 Å². The van der Waals surface area contributed by atoms with Crippen molar-refractivity contribution >= 4 is 11.6 Å². The smallest absolute Gasteiger partial charge is 0.0409 e. The molecular weight excluding hydrogens is 242 g/mol. The van der Waals surface area contributed by atoms with Crippen LogP contribution in [0, 0.1) is 0 Å². The van der Waals surface area contributed by atoms with E-state index in [9.17, 15) is 0 Å². The van der Waals surface area contributed by atoms with Crippen molar-refractivity contribution in [1.82, 2.24) is 5.32 Å². The SMILES string of the molecule is CCCCCCCC(NCC)c1cccc(Cl)c1. The normalized spacial score (nSPS) is 12.6. The third-order valence-corrected chi connectivity index (χ3v) is 3.53. The quantitative estimate of drug-likeness (QED) is 0.595. The van der Waals surface area contributed by atoms with Gasteiger partial charge in [0, 0.05) is 11.1 Å². The Morgan fingerprint density at radius 1 is 1.11 bits per heavy atom. The lowest BCUT2D eigenvalue weighted by molar-refractivity contribution is 0.479. The number of hydrogen-bond donors (Lipinski definition) is 1.